The molecule has 0 bridgehead atoms. The third-order valence-corrected chi connectivity index (χ3v) is 5.58. The van der Waals surface area contributed by atoms with Crippen LogP contribution in [0.3, 0.4) is 0 Å². The van der Waals surface area contributed by atoms with Crippen LogP contribution in [0.1, 0.15) is 67.4 Å². The molecule has 1 saturated heterocycles. The summed E-state index contributed by atoms with van der Waals surface area (Å²) in [6, 6.07) is 5.73. The number of nitrogens with zero attached hydrogens (tertiary/aromatic N) is 1. The van der Waals surface area contributed by atoms with E-state index in [9.17, 15) is 9.59 Å². The van der Waals surface area contributed by atoms with Gasteiger partial charge in [0.15, 0.2) is 5.78 Å². The maximum atomic E-state index is 12.2. The summed E-state index contributed by atoms with van der Waals surface area (Å²) in [4.78, 5) is 26.8. The first kappa shape index (κ1) is 21.6. The monoisotopic (exact) mass is 372 g/mol. The van der Waals surface area contributed by atoms with Gasteiger partial charge in [0, 0.05) is 38.0 Å². The van der Waals surface area contributed by atoms with E-state index >= 15 is 0 Å². The molecule has 1 aliphatic rings. The van der Waals surface area contributed by atoms with Crippen molar-refractivity contribution in [3.63, 3.8) is 0 Å². The van der Waals surface area contributed by atoms with Crippen molar-refractivity contribution in [3.8, 4) is 0 Å². The van der Waals surface area contributed by atoms with Gasteiger partial charge in [-0.1, -0.05) is 26.0 Å². The summed E-state index contributed by atoms with van der Waals surface area (Å²) in [5.41, 5.74) is 3.00. The lowest BCUT2D eigenvalue weighted by Gasteiger charge is -2.34. The predicted octanol–water partition coefficient (Wildman–Crippen LogP) is 4.14. The van der Waals surface area contributed by atoms with Gasteiger partial charge < -0.3 is 10.2 Å². The molecule has 0 spiro atoms. The van der Waals surface area contributed by atoms with Gasteiger partial charge in [0.05, 0.1) is 0 Å². The molecule has 27 heavy (non-hydrogen) atoms. The van der Waals surface area contributed by atoms with Crippen LogP contribution in [0.25, 0.3) is 0 Å². The number of rotatable bonds is 9. The Morgan fingerprint density at radius 2 is 1.74 bits per heavy atom. The molecule has 2 atom stereocenters. The van der Waals surface area contributed by atoms with Gasteiger partial charge in [-0.3, -0.25) is 9.59 Å². The number of aryl methyl sites for hydroxylation is 2. The smallest absolute Gasteiger partial charge is 0.220 e. The normalized spacial score (nSPS) is 20.4. The summed E-state index contributed by atoms with van der Waals surface area (Å²) in [6.07, 6.45) is 4.00. The first-order valence-electron chi connectivity index (χ1n) is 10.4. The fourth-order valence-corrected chi connectivity index (χ4v) is 4.04. The minimum Gasteiger partial charge on any atom is -0.356 e. The predicted molar refractivity (Wildman–Crippen MR) is 111 cm³/mol. The van der Waals surface area contributed by atoms with Crippen LogP contribution < -0.4 is 5.32 Å². The molecule has 4 heteroatoms. The van der Waals surface area contributed by atoms with Crippen molar-refractivity contribution in [1.29, 1.82) is 0 Å². The minimum absolute atomic E-state index is 0.0209. The Labute approximate surface area is 164 Å². The second-order valence-electron chi connectivity index (χ2n) is 8.48. The lowest BCUT2D eigenvalue weighted by molar-refractivity contribution is -0.121. The highest BCUT2D eigenvalue weighted by atomic mass is 16.2. The van der Waals surface area contributed by atoms with Crippen LogP contribution in [-0.4, -0.2) is 42.8 Å². The molecule has 1 amide bonds. The maximum absolute atomic E-state index is 12.2. The third-order valence-electron chi connectivity index (χ3n) is 5.58. The highest BCUT2D eigenvalue weighted by Crippen LogP contribution is 2.21. The summed E-state index contributed by atoms with van der Waals surface area (Å²) < 4.78 is 0. The number of piperidine rings is 1. The zero-order chi connectivity index (χ0) is 19.8. The number of likely N-dealkylation sites (tertiary alicyclic amines) is 1. The Hall–Kier alpha value is -1.68. The van der Waals surface area contributed by atoms with E-state index in [0.717, 1.165) is 36.8 Å². The number of hydrogen-bond acceptors (Lipinski definition) is 3. The fourth-order valence-electron chi connectivity index (χ4n) is 4.04. The Kier molecular flexibility index (Phi) is 8.49. The quantitative estimate of drug-likeness (QED) is 0.523. The molecule has 1 aromatic carbocycles. The molecule has 1 N–H and O–H groups in total. The van der Waals surface area contributed by atoms with Crippen LogP contribution in [0.15, 0.2) is 18.2 Å². The molecule has 150 valence electrons. The number of unbranched alkanes of at least 4 members (excludes halogenated alkanes) is 1. The van der Waals surface area contributed by atoms with Gasteiger partial charge in [-0.05, 0) is 68.7 Å². The number of Topliss-reactive ketones (excluding diaryl/α,β-unsaturated/α-hetero) is 1. The first-order valence-corrected chi connectivity index (χ1v) is 10.4. The third kappa shape index (κ3) is 7.45. The largest absolute Gasteiger partial charge is 0.356 e. The topological polar surface area (TPSA) is 49.4 Å². The van der Waals surface area contributed by atoms with Gasteiger partial charge in [0.1, 0.15) is 0 Å². The van der Waals surface area contributed by atoms with E-state index in [0.29, 0.717) is 12.1 Å². The summed E-state index contributed by atoms with van der Waals surface area (Å²) in [6.45, 7) is 12.9. The van der Waals surface area contributed by atoms with Gasteiger partial charge in [0.25, 0.3) is 0 Å². The van der Waals surface area contributed by atoms with E-state index in [1.54, 1.807) is 0 Å². The molecule has 1 fully saturated rings. The van der Waals surface area contributed by atoms with Crippen LogP contribution in [0.4, 0.5) is 0 Å². The molecule has 0 saturated carbocycles. The first-order chi connectivity index (χ1) is 12.8. The zero-order valence-electron chi connectivity index (χ0n) is 17.5. The fraction of sp³-hybridized carbons (Fsp3) is 0.652. The summed E-state index contributed by atoms with van der Waals surface area (Å²) in [5.74, 6) is 1.61. The molecule has 1 heterocycles. The SMILES string of the molecule is Cc1ccc(C(=O)CCC(=O)NCCCCN2CC(C)CC(C)C2)cc1C. The van der Waals surface area contributed by atoms with Crippen molar-refractivity contribution >= 4 is 11.7 Å². The number of ketones is 1. The second kappa shape index (κ2) is 10.6. The van der Waals surface area contributed by atoms with E-state index in [1.165, 1.54) is 25.1 Å². The number of carbonyl (C=O) groups is 2. The summed E-state index contributed by atoms with van der Waals surface area (Å²) >= 11 is 0. The number of nitrogens with one attached hydrogen (secondary N) is 1. The highest BCUT2D eigenvalue weighted by Gasteiger charge is 2.20. The van der Waals surface area contributed by atoms with Crippen molar-refractivity contribution in [2.45, 2.75) is 59.8 Å². The Morgan fingerprint density at radius 3 is 2.41 bits per heavy atom. The van der Waals surface area contributed by atoms with E-state index in [2.05, 4.69) is 24.1 Å². The Bertz CT molecular complexity index is 631. The summed E-state index contributed by atoms with van der Waals surface area (Å²) in [5, 5.41) is 2.96. The number of hydrogen-bond donors (Lipinski definition) is 1. The summed E-state index contributed by atoms with van der Waals surface area (Å²) in [7, 11) is 0. The van der Waals surface area contributed by atoms with Crippen molar-refractivity contribution in [2.24, 2.45) is 11.8 Å². The maximum Gasteiger partial charge on any atom is 0.220 e. The van der Waals surface area contributed by atoms with E-state index in [1.807, 2.05) is 32.0 Å². The molecule has 0 radical (unpaired) electrons. The molecule has 4 nitrogen and oxygen atoms in total. The van der Waals surface area contributed by atoms with Gasteiger partial charge in [0.2, 0.25) is 5.91 Å². The molecule has 0 aliphatic carbocycles. The van der Waals surface area contributed by atoms with Crippen LogP contribution >= 0.6 is 0 Å². The highest BCUT2D eigenvalue weighted by molar-refractivity contribution is 5.98. The minimum atomic E-state index is -0.0209. The van der Waals surface area contributed by atoms with E-state index in [4.69, 9.17) is 0 Å². The number of benzene rings is 1. The average Bonchev–Trinajstić information content (AvgIpc) is 2.61. The molecule has 2 rings (SSSR count). The van der Waals surface area contributed by atoms with Gasteiger partial charge in [-0.2, -0.15) is 0 Å². The van der Waals surface area contributed by atoms with Crippen LogP contribution in [0.2, 0.25) is 0 Å². The lowest BCUT2D eigenvalue weighted by atomic mass is 9.92. The van der Waals surface area contributed by atoms with Crippen molar-refractivity contribution in [2.75, 3.05) is 26.2 Å². The van der Waals surface area contributed by atoms with Crippen molar-refractivity contribution in [3.05, 3.63) is 34.9 Å². The van der Waals surface area contributed by atoms with Gasteiger partial charge in [-0.15, -0.1) is 0 Å². The van der Waals surface area contributed by atoms with Gasteiger partial charge >= 0.3 is 0 Å². The van der Waals surface area contributed by atoms with Gasteiger partial charge in [-0.25, -0.2) is 0 Å². The molecule has 1 aromatic rings. The van der Waals surface area contributed by atoms with Crippen LogP contribution in [-0.2, 0) is 4.79 Å². The number of amides is 1. The second-order valence-corrected chi connectivity index (χ2v) is 8.48. The van der Waals surface area contributed by atoms with Crippen LogP contribution in [0.5, 0.6) is 0 Å². The molecular formula is C23H36N2O2. The van der Waals surface area contributed by atoms with Crippen molar-refractivity contribution in [1.82, 2.24) is 10.2 Å². The Morgan fingerprint density at radius 1 is 1.04 bits per heavy atom. The van der Waals surface area contributed by atoms with E-state index in [-0.39, 0.29) is 24.5 Å². The lowest BCUT2D eigenvalue weighted by Crippen LogP contribution is -2.39. The molecule has 0 aromatic heterocycles. The van der Waals surface area contributed by atoms with E-state index < -0.39 is 0 Å². The standard InChI is InChI=1S/C23H36N2O2/c1-17-13-18(2)16-25(15-17)12-6-5-11-24-23(27)10-9-22(26)21-8-7-19(3)20(4)14-21/h7-8,14,17-18H,5-6,9-13,15-16H2,1-4H3,(H,24,27). The molecular weight excluding hydrogens is 336 g/mol. The number of carbonyl (C=O) groups excluding carboxylic acids is 2. The van der Waals surface area contributed by atoms with Crippen molar-refractivity contribution < 1.29 is 9.59 Å². The zero-order valence-corrected chi connectivity index (χ0v) is 17.5. The average molecular weight is 373 g/mol. The Balaban J connectivity index is 1.58. The molecule has 2 unspecified atom stereocenters. The van der Waals surface area contributed by atoms with Crippen LogP contribution in [0, 0.1) is 25.7 Å². The molecule has 1 aliphatic heterocycles.